The molecule has 1 aliphatic heterocycles. The molecule has 2 heterocycles. The van der Waals surface area contributed by atoms with E-state index in [1.165, 1.54) is 18.3 Å². The minimum absolute atomic E-state index is 0.137. The summed E-state index contributed by atoms with van der Waals surface area (Å²) in [6, 6.07) is 14.6. The lowest BCUT2D eigenvalue weighted by molar-refractivity contribution is 0.0696. The predicted molar refractivity (Wildman–Crippen MR) is 98.7 cm³/mol. The number of amides is 1. The van der Waals surface area contributed by atoms with E-state index in [-0.39, 0.29) is 12.4 Å². The number of nitrogens with zero attached hydrogens (tertiary/aromatic N) is 1. The summed E-state index contributed by atoms with van der Waals surface area (Å²) in [5.74, 6) is 0.715. The second-order valence-electron chi connectivity index (χ2n) is 5.85. The smallest absolute Gasteiger partial charge is 0.335 e. The number of hydrogen-bond acceptors (Lipinski definition) is 6. The van der Waals surface area contributed by atoms with E-state index in [1.54, 1.807) is 42.5 Å². The van der Waals surface area contributed by atoms with Crippen LogP contribution in [-0.2, 0) is 0 Å². The molecule has 2 aromatic carbocycles. The van der Waals surface area contributed by atoms with Gasteiger partial charge in [0, 0.05) is 11.1 Å². The molecule has 140 valence electrons. The number of carbonyl (C=O) groups is 2. The van der Waals surface area contributed by atoms with Gasteiger partial charge in [0.05, 0.1) is 11.8 Å². The van der Waals surface area contributed by atoms with Crippen molar-refractivity contribution < 1.29 is 28.6 Å². The van der Waals surface area contributed by atoms with E-state index >= 15 is 0 Å². The van der Waals surface area contributed by atoms with Gasteiger partial charge in [0.15, 0.2) is 11.5 Å². The first-order chi connectivity index (χ1) is 13.6. The van der Waals surface area contributed by atoms with Gasteiger partial charge in [-0.05, 0) is 42.5 Å². The third-order valence-corrected chi connectivity index (χ3v) is 4.04. The van der Waals surface area contributed by atoms with Crippen LogP contribution in [-0.4, -0.2) is 30.0 Å². The third-order valence-electron chi connectivity index (χ3n) is 4.04. The van der Waals surface area contributed by atoms with Crippen molar-refractivity contribution in [1.82, 2.24) is 5.43 Å². The average molecular weight is 378 g/mol. The molecule has 0 bridgehead atoms. The van der Waals surface area contributed by atoms with Gasteiger partial charge in [-0.2, -0.15) is 5.10 Å². The fourth-order valence-electron chi connectivity index (χ4n) is 2.61. The molecule has 0 unspecified atom stereocenters. The summed E-state index contributed by atoms with van der Waals surface area (Å²) in [6.07, 6.45) is 1.37. The maximum atomic E-state index is 12.1. The number of carboxylic acids is 1. The number of fused-ring (bicyclic) bond motifs is 1. The number of aromatic carboxylic acids is 1. The van der Waals surface area contributed by atoms with Gasteiger partial charge in [-0.3, -0.25) is 4.79 Å². The lowest BCUT2D eigenvalue weighted by Crippen LogP contribution is -2.17. The van der Waals surface area contributed by atoms with Crippen molar-refractivity contribution in [2.45, 2.75) is 0 Å². The number of furan rings is 1. The lowest BCUT2D eigenvalue weighted by atomic mass is 10.1. The van der Waals surface area contributed by atoms with Crippen LogP contribution in [0.25, 0.3) is 11.3 Å². The number of rotatable bonds is 5. The zero-order valence-corrected chi connectivity index (χ0v) is 14.4. The zero-order chi connectivity index (χ0) is 19.5. The summed E-state index contributed by atoms with van der Waals surface area (Å²) in [6.45, 7) is 0.137. The zero-order valence-electron chi connectivity index (χ0n) is 14.4. The van der Waals surface area contributed by atoms with Crippen molar-refractivity contribution in [2.24, 2.45) is 5.10 Å². The molecular weight excluding hydrogens is 364 g/mol. The SMILES string of the molecule is O=C(O)c1ccc(-c2ccc(/C=N\NC(=O)c3ccc4c(c3)OCO4)o2)cc1. The fourth-order valence-corrected chi connectivity index (χ4v) is 2.61. The van der Waals surface area contributed by atoms with Crippen LogP contribution in [0.3, 0.4) is 0 Å². The van der Waals surface area contributed by atoms with E-state index in [1.807, 2.05) is 0 Å². The Morgan fingerprint density at radius 1 is 0.964 bits per heavy atom. The van der Waals surface area contributed by atoms with Gasteiger partial charge in [-0.1, -0.05) is 12.1 Å². The largest absolute Gasteiger partial charge is 0.478 e. The average Bonchev–Trinajstić information content (AvgIpc) is 3.36. The molecule has 1 aliphatic rings. The van der Waals surface area contributed by atoms with E-state index in [2.05, 4.69) is 10.5 Å². The highest BCUT2D eigenvalue weighted by Gasteiger charge is 2.16. The van der Waals surface area contributed by atoms with Gasteiger partial charge < -0.3 is 19.0 Å². The number of benzene rings is 2. The Balaban J connectivity index is 1.40. The van der Waals surface area contributed by atoms with Crippen molar-refractivity contribution in [2.75, 3.05) is 6.79 Å². The monoisotopic (exact) mass is 378 g/mol. The molecule has 0 fully saturated rings. The van der Waals surface area contributed by atoms with Crippen LogP contribution >= 0.6 is 0 Å². The summed E-state index contributed by atoms with van der Waals surface area (Å²) in [5.41, 5.74) is 3.73. The summed E-state index contributed by atoms with van der Waals surface area (Å²) in [7, 11) is 0. The Kier molecular flexibility index (Phi) is 4.51. The summed E-state index contributed by atoms with van der Waals surface area (Å²) < 4.78 is 16.1. The van der Waals surface area contributed by atoms with Gasteiger partial charge >= 0.3 is 5.97 Å². The van der Waals surface area contributed by atoms with Crippen LogP contribution in [0.5, 0.6) is 11.5 Å². The molecule has 8 heteroatoms. The van der Waals surface area contributed by atoms with Crippen molar-refractivity contribution in [3.05, 3.63) is 71.5 Å². The second-order valence-corrected chi connectivity index (χ2v) is 5.85. The number of hydrogen-bond donors (Lipinski definition) is 2. The number of ether oxygens (including phenoxy) is 2. The number of carboxylic acid groups (broad SMARTS) is 1. The van der Waals surface area contributed by atoms with E-state index < -0.39 is 11.9 Å². The first-order valence-corrected chi connectivity index (χ1v) is 8.27. The van der Waals surface area contributed by atoms with Crippen molar-refractivity contribution >= 4 is 18.1 Å². The Bertz CT molecular complexity index is 1070. The number of hydrazone groups is 1. The molecule has 0 saturated carbocycles. The first kappa shape index (κ1) is 17.3. The van der Waals surface area contributed by atoms with Crippen LogP contribution in [0.15, 0.2) is 64.1 Å². The molecule has 0 atom stereocenters. The Hall–Kier alpha value is -4.07. The first-order valence-electron chi connectivity index (χ1n) is 8.27. The molecule has 0 spiro atoms. The Morgan fingerprint density at radius 2 is 1.71 bits per heavy atom. The van der Waals surface area contributed by atoms with Crippen LogP contribution in [0.1, 0.15) is 26.5 Å². The van der Waals surface area contributed by atoms with Gasteiger partial charge in [-0.15, -0.1) is 0 Å². The molecule has 0 radical (unpaired) electrons. The molecule has 1 amide bonds. The Morgan fingerprint density at radius 3 is 2.50 bits per heavy atom. The second kappa shape index (κ2) is 7.28. The van der Waals surface area contributed by atoms with E-state index in [0.717, 1.165) is 5.56 Å². The van der Waals surface area contributed by atoms with Crippen LogP contribution < -0.4 is 14.9 Å². The summed E-state index contributed by atoms with van der Waals surface area (Å²) in [4.78, 5) is 23.0. The van der Waals surface area contributed by atoms with Crippen LogP contribution in [0.4, 0.5) is 0 Å². The third kappa shape index (κ3) is 3.56. The van der Waals surface area contributed by atoms with E-state index in [4.69, 9.17) is 19.0 Å². The number of carbonyl (C=O) groups excluding carboxylic acids is 1. The van der Waals surface area contributed by atoms with Crippen LogP contribution in [0.2, 0.25) is 0 Å². The molecule has 0 aliphatic carbocycles. The minimum atomic E-state index is -0.989. The summed E-state index contributed by atoms with van der Waals surface area (Å²) >= 11 is 0. The molecule has 4 rings (SSSR count). The van der Waals surface area contributed by atoms with Gasteiger partial charge in [0.1, 0.15) is 11.5 Å². The highest BCUT2D eigenvalue weighted by Crippen LogP contribution is 2.32. The normalized spacial score (nSPS) is 12.3. The summed E-state index contributed by atoms with van der Waals surface area (Å²) in [5, 5.41) is 12.8. The van der Waals surface area contributed by atoms with E-state index in [0.29, 0.717) is 28.6 Å². The van der Waals surface area contributed by atoms with Crippen molar-refractivity contribution in [1.29, 1.82) is 0 Å². The maximum absolute atomic E-state index is 12.1. The molecular formula is C20H14N2O6. The van der Waals surface area contributed by atoms with Crippen LogP contribution in [0, 0.1) is 0 Å². The maximum Gasteiger partial charge on any atom is 0.335 e. The minimum Gasteiger partial charge on any atom is -0.478 e. The van der Waals surface area contributed by atoms with Gasteiger partial charge in [0.2, 0.25) is 6.79 Å². The van der Waals surface area contributed by atoms with Crippen molar-refractivity contribution in [3.63, 3.8) is 0 Å². The van der Waals surface area contributed by atoms with Crippen molar-refractivity contribution in [3.8, 4) is 22.8 Å². The van der Waals surface area contributed by atoms with E-state index in [9.17, 15) is 9.59 Å². The molecule has 1 aromatic heterocycles. The fraction of sp³-hybridized carbons (Fsp3) is 0.0500. The highest BCUT2D eigenvalue weighted by atomic mass is 16.7. The lowest BCUT2D eigenvalue weighted by Gasteiger charge is -2.01. The molecule has 3 aromatic rings. The predicted octanol–water partition coefficient (Wildman–Crippen LogP) is 3.14. The molecule has 8 nitrogen and oxygen atoms in total. The standard InChI is InChI=1S/C20H14N2O6/c23-19(14-5-7-17-18(9-14)27-11-26-17)22-21-10-15-6-8-16(28-15)12-1-3-13(4-2-12)20(24)25/h1-10H,11H2,(H,22,23)(H,24,25)/b21-10-. The topological polar surface area (TPSA) is 110 Å². The van der Waals surface area contributed by atoms with Gasteiger partial charge in [-0.25, -0.2) is 10.2 Å². The molecule has 28 heavy (non-hydrogen) atoms. The van der Waals surface area contributed by atoms with Gasteiger partial charge in [0.25, 0.3) is 5.91 Å². The molecule has 0 saturated heterocycles. The molecule has 2 N–H and O–H groups in total. The quantitative estimate of drug-likeness (QED) is 0.521. The Labute approximate surface area is 159 Å². The highest BCUT2D eigenvalue weighted by molar-refractivity contribution is 5.95. The number of nitrogens with one attached hydrogen (secondary N) is 1.